The molecule has 134 valence electrons. The quantitative estimate of drug-likeness (QED) is 0.725. The molecule has 2 aromatic rings. The Labute approximate surface area is 152 Å². The molecule has 2 aliphatic rings. The lowest BCUT2D eigenvalue weighted by Gasteiger charge is -2.14. The number of aromatic nitrogens is 1. The van der Waals surface area contributed by atoms with Gasteiger partial charge in [0.15, 0.2) is 0 Å². The van der Waals surface area contributed by atoms with Crippen LogP contribution in [-0.2, 0) is 17.6 Å². The highest BCUT2D eigenvalue weighted by Crippen LogP contribution is 2.37. The fraction of sp³-hybridized carbons (Fsp3) is 0.333. The molecule has 2 heterocycles. The normalized spacial score (nSPS) is 17.3. The molecule has 5 heteroatoms. The second-order valence-electron chi connectivity index (χ2n) is 7.35. The number of aromatic carboxylic acids is 1. The van der Waals surface area contributed by atoms with Crippen LogP contribution in [0.5, 0.6) is 0 Å². The van der Waals surface area contributed by atoms with Gasteiger partial charge in [0, 0.05) is 22.6 Å². The van der Waals surface area contributed by atoms with Crippen molar-refractivity contribution in [3.05, 3.63) is 51.8 Å². The number of nitrogens with one attached hydrogen (secondary N) is 2. The van der Waals surface area contributed by atoms with Gasteiger partial charge in [0.05, 0.1) is 11.1 Å². The summed E-state index contributed by atoms with van der Waals surface area (Å²) in [6.45, 7) is 4.34. The van der Waals surface area contributed by atoms with Crippen molar-refractivity contribution in [1.82, 2.24) is 4.98 Å². The van der Waals surface area contributed by atoms with Crippen LogP contribution in [0.2, 0.25) is 0 Å². The van der Waals surface area contributed by atoms with Crippen LogP contribution in [0.1, 0.15) is 71.0 Å². The number of amides is 1. The van der Waals surface area contributed by atoms with Gasteiger partial charge in [-0.1, -0.05) is 13.8 Å². The number of carbonyl (C=O) groups is 2. The molecule has 0 fully saturated rings. The first-order chi connectivity index (χ1) is 12.5. The molecule has 1 aliphatic carbocycles. The van der Waals surface area contributed by atoms with E-state index in [0.29, 0.717) is 22.7 Å². The molecule has 0 saturated carbocycles. The predicted molar refractivity (Wildman–Crippen MR) is 101 cm³/mol. The van der Waals surface area contributed by atoms with Crippen LogP contribution in [0, 0.1) is 0 Å². The maximum absolute atomic E-state index is 12.5. The van der Waals surface area contributed by atoms with Crippen molar-refractivity contribution < 1.29 is 14.7 Å². The molecule has 1 aromatic carbocycles. The Morgan fingerprint density at radius 2 is 2.00 bits per heavy atom. The summed E-state index contributed by atoms with van der Waals surface area (Å²) in [4.78, 5) is 27.3. The molecule has 1 aromatic heterocycles. The van der Waals surface area contributed by atoms with Crippen LogP contribution in [0.4, 0.5) is 5.69 Å². The number of benzene rings is 1. The van der Waals surface area contributed by atoms with E-state index in [1.165, 1.54) is 35.7 Å². The zero-order valence-corrected chi connectivity index (χ0v) is 15.0. The van der Waals surface area contributed by atoms with Gasteiger partial charge in [0.1, 0.15) is 0 Å². The van der Waals surface area contributed by atoms with E-state index < -0.39 is 5.97 Å². The topological polar surface area (TPSA) is 82.2 Å². The van der Waals surface area contributed by atoms with Crippen LogP contribution in [0.3, 0.4) is 0 Å². The van der Waals surface area contributed by atoms with E-state index in [-0.39, 0.29) is 11.5 Å². The zero-order valence-electron chi connectivity index (χ0n) is 15.0. The summed E-state index contributed by atoms with van der Waals surface area (Å²) in [7, 11) is 0. The summed E-state index contributed by atoms with van der Waals surface area (Å²) in [5, 5.41) is 12.1. The molecule has 0 saturated heterocycles. The van der Waals surface area contributed by atoms with E-state index in [0.717, 1.165) is 18.5 Å². The Hall–Kier alpha value is -2.82. The molecule has 0 bridgehead atoms. The number of carboxylic acids is 1. The summed E-state index contributed by atoms with van der Waals surface area (Å²) in [5.41, 5.74) is 6.95. The van der Waals surface area contributed by atoms with Crippen molar-refractivity contribution in [3.8, 4) is 0 Å². The summed E-state index contributed by atoms with van der Waals surface area (Å²) in [5.74, 6) is -0.830. The van der Waals surface area contributed by atoms with Gasteiger partial charge in [-0.3, -0.25) is 4.79 Å². The molecule has 4 rings (SSSR count). The molecule has 3 N–H and O–H groups in total. The van der Waals surface area contributed by atoms with Crippen molar-refractivity contribution in [2.24, 2.45) is 0 Å². The molecule has 0 spiro atoms. The molecular formula is C21H22N2O3. The van der Waals surface area contributed by atoms with Crippen molar-refractivity contribution >= 4 is 29.2 Å². The number of H-pyrrole nitrogens is 1. The lowest BCUT2D eigenvalue weighted by atomic mass is 9.89. The number of aromatic amines is 1. The number of carbonyl (C=O) groups excluding carboxylic acids is 1. The van der Waals surface area contributed by atoms with Crippen LogP contribution < -0.4 is 5.32 Å². The van der Waals surface area contributed by atoms with E-state index in [1.807, 2.05) is 6.08 Å². The smallest absolute Gasteiger partial charge is 0.335 e. The maximum atomic E-state index is 12.5. The third-order valence-corrected chi connectivity index (χ3v) is 5.28. The van der Waals surface area contributed by atoms with E-state index in [4.69, 9.17) is 0 Å². The van der Waals surface area contributed by atoms with Crippen LogP contribution in [0.25, 0.3) is 11.6 Å². The van der Waals surface area contributed by atoms with E-state index in [1.54, 1.807) is 12.1 Å². The standard InChI is InChI=1S/C21H22N2O3/c1-11(2)19-13-5-3-4-6-16(13)22-18(19)10-15-14-9-12(21(25)26)7-8-17(14)23-20(15)24/h7-11,22H,3-6H2,1-2H3,(H,23,24)(H,25,26). The molecule has 5 nitrogen and oxygen atoms in total. The highest BCUT2D eigenvalue weighted by molar-refractivity contribution is 6.35. The van der Waals surface area contributed by atoms with Gasteiger partial charge in [-0.25, -0.2) is 4.79 Å². The minimum Gasteiger partial charge on any atom is -0.478 e. The van der Waals surface area contributed by atoms with E-state index in [2.05, 4.69) is 24.1 Å². The number of carboxylic acid groups (broad SMARTS) is 1. The Morgan fingerprint density at radius 1 is 1.23 bits per heavy atom. The first kappa shape index (κ1) is 16.6. The number of rotatable bonds is 3. The molecule has 1 aliphatic heterocycles. The minimum absolute atomic E-state index is 0.181. The number of hydrogen-bond acceptors (Lipinski definition) is 2. The molecule has 0 radical (unpaired) electrons. The van der Waals surface area contributed by atoms with Gasteiger partial charge in [-0.05, 0) is 67.0 Å². The SMILES string of the molecule is CC(C)c1c(C=C2C(=O)Nc3ccc(C(=O)O)cc32)[nH]c2c1CCCC2. The van der Waals surface area contributed by atoms with Crippen molar-refractivity contribution in [2.45, 2.75) is 45.4 Å². The summed E-state index contributed by atoms with van der Waals surface area (Å²) in [6, 6.07) is 4.73. The maximum Gasteiger partial charge on any atom is 0.335 e. The van der Waals surface area contributed by atoms with Crippen molar-refractivity contribution in [2.75, 3.05) is 5.32 Å². The first-order valence-electron chi connectivity index (χ1n) is 9.10. The molecular weight excluding hydrogens is 328 g/mol. The predicted octanol–water partition coefficient (Wildman–Crippen LogP) is 4.21. The van der Waals surface area contributed by atoms with Gasteiger partial charge in [-0.2, -0.15) is 0 Å². The first-order valence-corrected chi connectivity index (χ1v) is 9.10. The fourth-order valence-corrected chi connectivity index (χ4v) is 4.11. The van der Waals surface area contributed by atoms with Gasteiger partial charge in [-0.15, -0.1) is 0 Å². The number of anilines is 1. The minimum atomic E-state index is -0.996. The fourth-order valence-electron chi connectivity index (χ4n) is 4.11. The van der Waals surface area contributed by atoms with Crippen LogP contribution in [-0.4, -0.2) is 22.0 Å². The Morgan fingerprint density at radius 3 is 2.73 bits per heavy atom. The van der Waals surface area contributed by atoms with Crippen LogP contribution >= 0.6 is 0 Å². The van der Waals surface area contributed by atoms with Gasteiger partial charge < -0.3 is 15.4 Å². The van der Waals surface area contributed by atoms with Gasteiger partial charge in [0.25, 0.3) is 5.91 Å². The molecule has 1 amide bonds. The number of fused-ring (bicyclic) bond motifs is 2. The average molecular weight is 350 g/mol. The third kappa shape index (κ3) is 2.64. The zero-order chi connectivity index (χ0) is 18.4. The van der Waals surface area contributed by atoms with Gasteiger partial charge in [0.2, 0.25) is 0 Å². The van der Waals surface area contributed by atoms with Crippen molar-refractivity contribution in [1.29, 1.82) is 0 Å². The van der Waals surface area contributed by atoms with Crippen LogP contribution in [0.15, 0.2) is 18.2 Å². The number of aryl methyl sites for hydroxylation is 1. The molecule has 0 atom stereocenters. The molecule has 26 heavy (non-hydrogen) atoms. The second-order valence-corrected chi connectivity index (χ2v) is 7.35. The summed E-state index contributed by atoms with van der Waals surface area (Å²) >= 11 is 0. The average Bonchev–Trinajstić information content (AvgIpc) is 3.12. The Kier molecular flexibility index (Phi) is 3.94. The molecule has 0 unspecified atom stereocenters. The monoisotopic (exact) mass is 350 g/mol. The summed E-state index contributed by atoms with van der Waals surface area (Å²) in [6.07, 6.45) is 6.40. The van der Waals surface area contributed by atoms with Gasteiger partial charge >= 0.3 is 5.97 Å². The highest BCUT2D eigenvalue weighted by Gasteiger charge is 2.27. The van der Waals surface area contributed by atoms with Crippen molar-refractivity contribution in [3.63, 3.8) is 0 Å². The third-order valence-electron chi connectivity index (χ3n) is 5.28. The van der Waals surface area contributed by atoms with E-state index >= 15 is 0 Å². The number of hydrogen-bond donors (Lipinski definition) is 3. The largest absolute Gasteiger partial charge is 0.478 e. The van der Waals surface area contributed by atoms with E-state index in [9.17, 15) is 14.7 Å². The highest BCUT2D eigenvalue weighted by atomic mass is 16.4. The lowest BCUT2D eigenvalue weighted by molar-refractivity contribution is -0.110. The summed E-state index contributed by atoms with van der Waals surface area (Å²) < 4.78 is 0. The Balaban J connectivity index is 1.86. The Bertz CT molecular complexity index is 950. The second kappa shape index (κ2) is 6.16. The lowest BCUT2D eigenvalue weighted by Crippen LogP contribution is -2.04.